The summed E-state index contributed by atoms with van der Waals surface area (Å²) in [5.74, 6) is -3.63. The first kappa shape index (κ1) is 24.0. The molecule has 1 aromatic rings. The lowest BCUT2D eigenvalue weighted by Crippen LogP contribution is -2.50. The van der Waals surface area contributed by atoms with Gasteiger partial charge >= 0.3 is 0 Å². The Bertz CT molecular complexity index is 898. The van der Waals surface area contributed by atoms with Crippen molar-refractivity contribution in [3.05, 3.63) is 35.1 Å². The SMILES string of the molecule is COCCS(=O)(=O)CCC(=O)N1[C@@H]2CC[C@H]1C[C@H]([C@H](N)Cc1cc(F)c(F)cc1F)C2. The van der Waals surface area contributed by atoms with Gasteiger partial charge in [0.15, 0.2) is 21.5 Å². The monoisotopic (exact) mass is 462 g/mol. The van der Waals surface area contributed by atoms with Gasteiger partial charge in [0.1, 0.15) is 5.82 Å². The molecule has 2 fully saturated rings. The zero-order chi connectivity index (χ0) is 22.8. The molecule has 0 aromatic heterocycles. The van der Waals surface area contributed by atoms with Gasteiger partial charge in [-0.15, -0.1) is 0 Å². The van der Waals surface area contributed by atoms with Crippen molar-refractivity contribution >= 4 is 15.7 Å². The number of nitrogens with zero attached hydrogens (tertiary/aromatic N) is 1. The molecule has 2 bridgehead atoms. The molecule has 2 aliphatic rings. The summed E-state index contributed by atoms with van der Waals surface area (Å²) >= 11 is 0. The van der Waals surface area contributed by atoms with Crippen molar-refractivity contribution in [1.29, 1.82) is 0 Å². The van der Waals surface area contributed by atoms with Crippen LogP contribution in [0, 0.1) is 23.4 Å². The zero-order valence-corrected chi connectivity index (χ0v) is 18.3. The summed E-state index contributed by atoms with van der Waals surface area (Å²) in [5.41, 5.74) is 6.34. The number of methoxy groups -OCH3 is 1. The van der Waals surface area contributed by atoms with Gasteiger partial charge in [-0.3, -0.25) is 4.79 Å². The minimum atomic E-state index is -3.35. The third-order valence-corrected chi connectivity index (χ3v) is 8.05. The smallest absolute Gasteiger partial charge is 0.224 e. The average Bonchev–Trinajstić information content (AvgIpc) is 2.98. The minimum Gasteiger partial charge on any atom is -0.384 e. The number of sulfone groups is 1. The number of carbonyl (C=O) groups is 1. The number of piperidine rings is 1. The third kappa shape index (κ3) is 5.78. The predicted octanol–water partition coefficient (Wildman–Crippen LogP) is 2.19. The molecule has 31 heavy (non-hydrogen) atoms. The third-order valence-electron chi connectivity index (χ3n) is 6.43. The van der Waals surface area contributed by atoms with E-state index in [9.17, 15) is 26.4 Å². The van der Waals surface area contributed by atoms with Crippen LogP contribution in [0.4, 0.5) is 13.2 Å². The number of ether oxygens (including phenoxy) is 1. The van der Waals surface area contributed by atoms with Crippen molar-refractivity contribution in [2.75, 3.05) is 25.2 Å². The summed E-state index contributed by atoms with van der Waals surface area (Å²) in [6, 6.07) is 0.872. The van der Waals surface area contributed by atoms with Gasteiger partial charge in [-0.25, -0.2) is 21.6 Å². The van der Waals surface area contributed by atoms with Crippen molar-refractivity contribution < 1.29 is 31.1 Å². The number of rotatable bonds is 9. The van der Waals surface area contributed by atoms with Crippen LogP contribution in [-0.2, 0) is 25.8 Å². The van der Waals surface area contributed by atoms with Crippen LogP contribution in [0.3, 0.4) is 0 Å². The molecular formula is C21H29F3N2O4S. The maximum Gasteiger partial charge on any atom is 0.224 e. The van der Waals surface area contributed by atoms with E-state index in [1.165, 1.54) is 7.11 Å². The van der Waals surface area contributed by atoms with E-state index in [1.807, 2.05) is 0 Å². The maximum atomic E-state index is 14.0. The second-order valence-corrected chi connectivity index (χ2v) is 10.8. The summed E-state index contributed by atoms with van der Waals surface area (Å²) in [7, 11) is -1.92. The molecule has 1 amide bonds. The van der Waals surface area contributed by atoms with E-state index in [0.29, 0.717) is 18.9 Å². The van der Waals surface area contributed by atoms with E-state index < -0.39 is 33.3 Å². The fourth-order valence-electron chi connectivity index (χ4n) is 4.80. The highest BCUT2D eigenvalue weighted by Gasteiger charge is 2.44. The Labute approximate surface area is 180 Å². The molecule has 10 heteroatoms. The topological polar surface area (TPSA) is 89.7 Å². The van der Waals surface area contributed by atoms with Crippen molar-refractivity contribution in [3.63, 3.8) is 0 Å². The highest BCUT2D eigenvalue weighted by atomic mass is 32.2. The van der Waals surface area contributed by atoms with E-state index in [4.69, 9.17) is 10.5 Å². The van der Waals surface area contributed by atoms with E-state index in [1.54, 1.807) is 4.90 Å². The normalized spacial score (nSPS) is 24.4. The first-order valence-corrected chi connectivity index (χ1v) is 12.3. The molecule has 2 heterocycles. The van der Waals surface area contributed by atoms with Crippen LogP contribution < -0.4 is 5.73 Å². The molecule has 174 valence electrons. The Morgan fingerprint density at radius 3 is 2.35 bits per heavy atom. The number of amides is 1. The standard InChI is InChI=1S/C21H29F3N2O4S/c1-30-5-7-31(28,29)6-4-21(27)26-15-2-3-16(26)9-14(8-15)20(25)11-13-10-18(23)19(24)12-17(13)22/h10,12,14-16,20H,2-9,11,25H2,1H3/t14-,15-,16+,20-/m1/s1. The molecule has 2 aliphatic heterocycles. The van der Waals surface area contributed by atoms with E-state index in [0.717, 1.165) is 18.9 Å². The Balaban J connectivity index is 1.58. The molecule has 0 aliphatic carbocycles. The van der Waals surface area contributed by atoms with E-state index in [-0.39, 0.29) is 60.4 Å². The van der Waals surface area contributed by atoms with Crippen LogP contribution in [0.25, 0.3) is 0 Å². The second-order valence-electron chi connectivity index (χ2n) is 8.54. The van der Waals surface area contributed by atoms with E-state index in [2.05, 4.69) is 0 Å². The molecule has 2 saturated heterocycles. The molecule has 0 spiro atoms. The first-order valence-electron chi connectivity index (χ1n) is 10.5. The van der Waals surface area contributed by atoms with Gasteiger partial charge in [0.25, 0.3) is 0 Å². The molecule has 6 nitrogen and oxygen atoms in total. The lowest BCUT2D eigenvalue weighted by atomic mass is 9.82. The number of benzene rings is 1. The molecule has 1 aromatic carbocycles. The molecule has 0 unspecified atom stereocenters. The zero-order valence-electron chi connectivity index (χ0n) is 17.5. The molecule has 0 saturated carbocycles. The number of hydrogen-bond acceptors (Lipinski definition) is 5. The van der Waals surface area contributed by atoms with Crippen molar-refractivity contribution in [2.45, 2.75) is 56.7 Å². The number of halogens is 3. The van der Waals surface area contributed by atoms with Crippen LogP contribution in [0.2, 0.25) is 0 Å². The fraction of sp³-hybridized carbons (Fsp3) is 0.667. The number of hydrogen-bond donors (Lipinski definition) is 1. The van der Waals surface area contributed by atoms with Gasteiger partial charge < -0.3 is 15.4 Å². The highest BCUT2D eigenvalue weighted by molar-refractivity contribution is 7.91. The molecular weight excluding hydrogens is 433 g/mol. The van der Waals surface area contributed by atoms with Crippen molar-refractivity contribution in [2.24, 2.45) is 11.7 Å². The number of fused-ring (bicyclic) bond motifs is 2. The molecule has 0 radical (unpaired) electrons. The molecule has 3 rings (SSSR count). The lowest BCUT2D eigenvalue weighted by Gasteiger charge is -2.41. The lowest BCUT2D eigenvalue weighted by molar-refractivity contribution is -0.136. The number of carbonyl (C=O) groups excluding carboxylic acids is 1. The summed E-state index contributed by atoms with van der Waals surface area (Å²) < 4.78 is 69.4. The van der Waals surface area contributed by atoms with E-state index >= 15 is 0 Å². The summed E-state index contributed by atoms with van der Waals surface area (Å²) in [6.45, 7) is 0.101. The summed E-state index contributed by atoms with van der Waals surface area (Å²) in [6.07, 6.45) is 2.91. The van der Waals surface area contributed by atoms with Crippen LogP contribution in [0.5, 0.6) is 0 Å². The van der Waals surface area contributed by atoms with Crippen LogP contribution in [0.15, 0.2) is 12.1 Å². The first-order chi connectivity index (χ1) is 14.6. The van der Waals surface area contributed by atoms with Crippen LogP contribution in [-0.4, -0.2) is 62.6 Å². The van der Waals surface area contributed by atoms with Crippen LogP contribution >= 0.6 is 0 Å². The van der Waals surface area contributed by atoms with Gasteiger partial charge in [-0.2, -0.15) is 0 Å². The van der Waals surface area contributed by atoms with Crippen LogP contribution in [0.1, 0.15) is 37.7 Å². The molecule has 2 N–H and O–H groups in total. The van der Waals surface area contributed by atoms with Gasteiger partial charge in [0, 0.05) is 37.7 Å². The molecule has 4 atom stereocenters. The van der Waals surface area contributed by atoms with Crippen molar-refractivity contribution in [3.8, 4) is 0 Å². The van der Waals surface area contributed by atoms with Gasteiger partial charge in [-0.1, -0.05) is 0 Å². The van der Waals surface area contributed by atoms with Gasteiger partial charge in [0.05, 0.1) is 18.1 Å². The second kappa shape index (κ2) is 9.87. The minimum absolute atomic E-state index is 0.0134. The van der Waals surface area contributed by atoms with Gasteiger partial charge in [-0.05, 0) is 49.7 Å². The van der Waals surface area contributed by atoms with Crippen molar-refractivity contribution in [1.82, 2.24) is 4.90 Å². The summed E-state index contributed by atoms with van der Waals surface area (Å²) in [4.78, 5) is 14.5. The Kier molecular flexibility index (Phi) is 7.64. The fourth-order valence-corrected chi connectivity index (χ4v) is 5.91. The Morgan fingerprint density at radius 2 is 1.74 bits per heavy atom. The largest absolute Gasteiger partial charge is 0.384 e. The Hall–Kier alpha value is -1.65. The number of nitrogens with two attached hydrogens (primary N) is 1. The Morgan fingerprint density at radius 1 is 1.13 bits per heavy atom. The average molecular weight is 463 g/mol. The maximum absolute atomic E-state index is 14.0. The quantitative estimate of drug-likeness (QED) is 0.569. The highest BCUT2D eigenvalue weighted by Crippen LogP contribution is 2.40. The summed E-state index contributed by atoms with van der Waals surface area (Å²) in [5, 5.41) is 0. The predicted molar refractivity (Wildman–Crippen MR) is 110 cm³/mol. The van der Waals surface area contributed by atoms with Gasteiger partial charge in [0.2, 0.25) is 5.91 Å².